The van der Waals surface area contributed by atoms with Crippen LogP contribution in [-0.2, 0) is 0 Å². The zero-order chi connectivity index (χ0) is 32.7. The summed E-state index contributed by atoms with van der Waals surface area (Å²) >= 11 is 0. The van der Waals surface area contributed by atoms with Gasteiger partial charge < -0.3 is 5.73 Å². The minimum Gasteiger partial charge on any atom is -0.384 e. The van der Waals surface area contributed by atoms with E-state index in [9.17, 15) is 0 Å². The van der Waals surface area contributed by atoms with Gasteiger partial charge in [0.1, 0.15) is 5.82 Å². The Balaban J connectivity index is 0.000000259. The van der Waals surface area contributed by atoms with Crippen LogP contribution in [0.1, 0.15) is 0 Å². The lowest BCUT2D eigenvalue weighted by Crippen LogP contribution is -1.81. The topological polar surface area (TPSA) is 284 Å². The largest absolute Gasteiger partial charge is 0.384 e. The van der Waals surface area contributed by atoms with Gasteiger partial charge in [-0.25, -0.2) is 0 Å². The Morgan fingerprint density at radius 2 is 0.522 bits per heavy atom. The summed E-state index contributed by atoms with van der Waals surface area (Å²) in [6.45, 7) is 0. The number of hydrogen-bond donors (Lipinski definition) is 10. The van der Waals surface area contributed by atoms with Gasteiger partial charge in [-0.3, -0.25) is 45.9 Å². The summed E-state index contributed by atoms with van der Waals surface area (Å²) in [5.74, 6) is 0.606. The third kappa shape index (κ3) is 29.7. The number of hydrogen-bond acceptors (Lipinski definition) is 10. The van der Waals surface area contributed by atoms with Gasteiger partial charge in [-0.2, -0.15) is 45.9 Å². The summed E-state index contributed by atoms with van der Waals surface area (Å²) in [5.41, 5.74) is 5.16. The molecule has 46 heavy (non-hydrogen) atoms. The first-order valence-electron chi connectivity index (χ1n) is 13.1. The molecule has 19 heteroatoms. The minimum absolute atomic E-state index is 0.606. The Kier molecular flexibility index (Phi) is 25.7. The number of nitrogen functional groups attached to an aromatic ring is 1. The van der Waals surface area contributed by atoms with Gasteiger partial charge in [0.05, 0.1) is 6.20 Å². The second-order valence-electron chi connectivity index (χ2n) is 7.14. The fourth-order valence-electron chi connectivity index (χ4n) is 1.99. The van der Waals surface area contributed by atoms with Crippen molar-refractivity contribution in [3.05, 3.63) is 160 Å². The lowest BCUT2D eigenvalue weighted by molar-refractivity contribution is 1.09. The van der Waals surface area contributed by atoms with Crippen LogP contribution in [0.4, 0.5) is 5.82 Å². The fraction of sp³-hybridized carbons (Fsp3) is 0. The van der Waals surface area contributed by atoms with E-state index < -0.39 is 0 Å². The molecule has 0 aromatic carbocycles. The molecule has 0 unspecified atom stereocenters. The normalized spacial score (nSPS) is 8.09. The number of rotatable bonds is 0. The van der Waals surface area contributed by atoms with Crippen LogP contribution in [0, 0.1) is 0 Å². The van der Waals surface area contributed by atoms with Crippen LogP contribution in [0.5, 0.6) is 0 Å². The molecule has 9 aromatic rings. The van der Waals surface area contributed by atoms with Crippen molar-refractivity contribution in [2.75, 3.05) is 5.73 Å². The summed E-state index contributed by atoms with van der Waals surface area (Å²) in [6, 6.07) is 16.4. The Hall–Kier alpha value is -7.31. The van der Waals surface area contributed by atoms with E-state index in [-0.39, 0.29) is 0 Å². The highest BCUT2D eigenvalue weighted by Crippen LogP contribution is 1.86. The van der Waals surface area contributed by atoms with E-state index in [1.54, 1.807) is 111 Å². The zero-order valence-corrected chi connectivity index (χ0v) is 24.6. The number of nitrogens with one attached hydrogen (secondary N) is 9. The van der Waals surface area contributed by atoms with Crippen molar-refractivity contribution in [3.63, 3.8) is 0 Å². The summed E-state index contributed by atoms with van der Waals surface area (Å²) in [4.78, 5) is 0. The van der Waals surface area contributed by atoms with Crippen LogP contribution in [0.2, 0.25) is 0 Å². The van der Waals surface area contributed by atoms with Crippen LogP contribution in [0.15, 0.2) is 160 Å². The summed E-state index contributed by atoms with van der Waals surface area (Å²) in [5, 5.41) is 55.8. The van der Waals surface area contributed by atoms with Crippen LogP contribution < -0.4 is 5.73 Å². The van der Waals surface area contributed by atoms with E-state index in [2.05, 4.69) is 91.8 Å². The number of aromatic amines is 9. The minimum atomic E-state index is 0.606. The third-order valence-electron chi connectivity index (χ3n) is 3.77. The summed E-state index contributed by atoms with van der Waals surface area (Å²) in [7, 11) is 0. The maximum atomic E-state index is 5.16. The number of anilines is 1. The van der Waals surface area contributed by atoms with Gasteiger partial charge in [0.25, 0.3) is 0 Å². The van der Waals surface area contributed by atoms with Crippen LogP contribution >= 0.6 is 0 Å². The van der Waals surface area contributed by atoms with E-state index >= 15 is 0 Å². The molecule has 0 atom stereocenters. The molecule has 9 rings (SSSR count). The highest BCUT2D eigenvalue weighted by atomic mass is 15.1. The Morgan fingerprint density at radius 3 is 0.565 bits per heavy atom. The number of nitrogens with zero attached hydrogens (tertiary/aromatic N) is 9. The van der Waals surface area contributed by atoms with E-state index in [0.717, 1.165) is 0 Å². The van der Waals surface area contributed by atoms with Crippen LogP contribution in [0.25, 0.3) is 0 Å². The molecule has 0 amide bonds. The van der Waals surface area contributed by atoms with Gasteiger partial charge in [-0.15, -0.1) is 0 Å². The average molecular weight is 628 g/mol. The highest BCUT2D eigenvalue weighted by molar-refractivity contribution is 5.22. The summed E-state index contributed by atoms with van der Waals surface area (Å²) in [6.07, 6.45) is 29.3. The molecule has 0 aliphatic rings. The molecule has 0 saturated carbocycles. The lowest BCUT2D eigenvalue weighted by atomic mass is 10.7. The Bertz CT molecular complexity index is 1050. The molecule has 11 N–H and O–H groups in total. The molecule has 9 heterocycles. The molecule has 0 saturated heterocycles. The van der Waals surface area contributed by atoms with Gasteiger partial charge in [-0.1, -0.05) is 0 Å². The van der Waals surface area contributed by atoms with Crippen molar-refractivity contribution in [1.29, 1.82) is 0 Å². The first-order chi connectivity index (χ1) is 22.9. The molecule has 0 radical (unpaired) electrons. The second-order valence-corrected chi connectivity index (χ2v) is 7.14. The summed E-state index contributed by atoms with van der Waals surface area (Å²) < 4.78 is 0. The number of H-pyrrole nitrogens is 9. The van der Waals surface area contributed by atoms with Crippen molar-refractivity contribution in [2.24, 2.45) is 0 Å². The van der Waals surface area contributed by atoms with Gasteiger partial charge >= 0.3 is 0 Å². The Morgan fingerprint density at radius 1 is 0.304 bits per heavy atom. The maximum Gasteiger partial charge on any atom is 0.118 e. The SMILES string of the molecule is Nc1ccn[nH]1.c1cn[nH]c1.c1cn[nH]c1.c1cn[nH]c1.c1cn[nH]c1.c1cn[nH]c1.c1cn[nH]c1.c1cn[nH]c1.c1cn[nH]c1. The molecule has 0 fully saturated rings. The molecular weight excluding hydrogens is 590 g/mol. The van der Waals surface area contributed by atoms with Crippen molar-refractivity contribution < 1.29 is 0 Å². The first kappa shape index (κ1) is 36.7. The van der Waals surface area contributed by atoms with Crippen LogP contribution in [0.3, 0.4) is 0 Å². The van der Waals surface area contributed by atoms with Gasteiger partial charge in [0.2, 0.25) is 0 Å². The second kappa shape index (κ2) is 32.2. The van der Waals surface area contributed by atoms with E-state index in [0.29, 0.717) is 5.82 Å². The molecular formula is C27H37N19. The molecule has 0 spiro atoms. The maximum absolute atomic E-state index is 5.16. The quantitative estimate of drug-likeness (QED) is 0.117. The van der Waals surface area contributed by atoms with Crippen molar-refractivity contribution in [2.45, 2.75) is 0 Å². The van der Waals surface area contributed by atoms with Crippen molar-refractivity contribution in [1.82, 2.24) is 91.8 Å². The smallest absolute Gasteiger partial charge is 0.118 e. The lowest BCUT2D eigenvalue weighted by Gasteiger charge is -1.70. The average Bonchev–Trinajstić information content (AvgIpc) is 4.00. The first-order valence-corrected chi connectivity index (χ1v) is 13.1. The van der Waals surface area contributed by atoms with Crippen molar-refractivity contribution in [3.8, 4) is 0 Å². The monoisotopic (exact) mass is 627 g/mol. The predicted octanol–water partition coefficient (Wildman–Crippen LogP) is 3.27. The highest BCUT2D eigenvalue weighted by Gasteiger charge is 1.74. The number of nitrogens with two attached hydrogens (primary N) is 1. The van der Waals surface area contributed by atoms with Crippen molar-refractivity contribution >= 4 is 5.82 Å². The van der Waals surface area contributed by atoms with E-state index in [4.69, 9.17) is 5.73 Å². The Labute approximate surface area is 263 Å². The zero-order valence-electron chi connectivity index (χ0n) is 24.6. The van der Waals surface area contributed by atoms with Crippen LogP contribution in [-0.4, -0.2) is 91.8 Å². The van der Waals surface area contributed by atoms with Gasteiger partial charge in [0.15, 0.2) is 0 Å². The standard InChI is InChI=1S/C3H5N3.8C3H4N2/c4-3-1-2-5-6-3;8*1-2-4-5-3-1/h1-2H,(H3,4,5,6);8*1-3H,(H,4,5). The van der Waals surface area contributed by atoms with Gasteiger partial charge in [-0.05, 0) is 54.6 Å². The molecule has 9 aromatic heterocycles. The third-order valence-corrected chi connectivity index (χ3v) is 3.77. The van der Waals surface area contributed by atoms with Gasteiger partial charge in [0, 0.05) is 99.1 Å². The molecule has 0 aliphatic carbocycles. The predicted molar refractivity (Wildman–Crippen MR) is 172 cm³/mol. The number of aromatic nitrogens is 18. The van der Waals surface area contributed by atoms with E-state index in [1.807, 2.05) is 48.5 Å². The fourth-order valence-corrected chi connectivity index (χ4v) is 1.99. The molecule has 0 aliphatic heterocycles. The molecule has 19 nitrogen and oxygen atoms in total. The van der Waals surface area contributed by atoms with E-state index in [1.165, 1.54) is 0 Å². The molecule has 240 valence electrons. The molecule has 0 bridgehead atoms.